The van der Waals surface area contributed by atoms with Crippen molar-refractivity contribution in [2.24, 2.45) is 0 Å². The monoisotopic (exact) mass is 755 g/mol. The predicted octanol–water partition coefficient (Wildman–Crippen LogP) is 11.1. The molecular formula is C42H77NO8P+. The zero-order valence-corrected chi connectivity index (χ0v) is 34.7. The van der Waals surface area contributed by atoms with Gasteiger partial charge in [0.15, 0.2) is 6.10 Å². The molecule has 9 nitrogen and oxygen atoms in total. The van der Waals surface area contributed by atoms with Crippen LogP contribution in [0, 0.1) is 0 Å². The molecule has 0 spiro atoms. The number of unbranched alkanes of at least 4 members (excludes halogenated alkanes) is 14. The molecule has 0 aromatic rings. The van der Waals surface area contributed by atoms with E-state index in [0.717, 1.165) is 70.6 Å². The van der Waals surface area contributed by atoms with E-state index in [1.807, 2.05) is 21.1 Å². The second kappa shape index (κ2) is 34.7. The van der Waals surface area contributed by atoms with Crippen LogP contribution in [0.5, 0.6) is 0 Å². The summed E-state index contributed by atoms with van der Waals surface area (Å²) in [6, 6.07) is 0. The molecule has 2 unspecified atom stereocenters. The number of allylic oxidation sites excluding steroid dienone is 8. The maximum Gasteiger partial charge on any atom is 0.472 e. The third kappa shape index (κ3) is 37.7. The summed E-state index contributed by atoms with van der Waals surface area (Å²) >= 11 is 0. The van der Waals surface area contributed by atoms with E-state index in [-0.39, 0.29) is 32.0 Å². The van der Waals surface area contributed by atoms with Gasteiger partial charge in [0.2, 0.25) is 0 Å². The molecule has 0 aliphatic carbocycles. The Morgan fingerprint density at radius 3 is 1.63 bits per heavy atom. The molecule has 52 heavy (non-hydrogen) atoms. The number of phosphoric acid groups is 1. The summed E-state index contributed by atoms with van der Waals surface area (Å²) in [7, 11) is 1.46. The van der Waals surface area contributed by atoms with Crippen molar-refractivity contribution in [3.63, 3.8) is 0 Å². The SMILES string of the molecule is CC/C=C\C/C=C\C/C=C\C/C=C\CCCCCCCCCCC(=O)OC(COC(=O)CCCCCCCCC)COP(=O)(O)OCC[N+](C)(C)C. The average Bonchev–Trinajstić information content (AvgIpc) is 3.09. The van der Waals surface area contributed by atoms with E-state index in [1.165, 1.54) is 51.4 Å². The zero-order valence-electron chi connectivity index (χ0n) is 33.8. The van der Waals surface area contributed by atoms with Gasteiger partial charge in [-0.05, 0) is 51.4 Å². The van der Waals surface area contributed by atoms with Crippen molar-refractivity contribution in [2.75, 3.05) is 47.5 Å². The van der Waals surface area contributed by atoms with Gasteiger partial charge < -0.3 is 18.9 Å². The van der Waals surface area contributed by atoms with E-state index >= 15 is 0 Å². The second-order valence-electron chi connectivity index (χ2n) is 14.6. The van der Waals surface area contributed by atoms with E-state index in [9.17, 15) is 19.0 Å². The van der Waals surface area contributed by atoms with E-state index in [2.05, 4.69) is 62.5 Å². The standard InChI is InChI=1S/C42H76NO8P/c1-6-8-10-12-14-15-16-17-18-19-20-21-22-23-24-25-26-27-29-31-33-35-42(45)51-40(39-50-52(46,47)49-37-36-43(3,4)5)38-48-41(44)34-32-30-28-13-11-9-7-2/h8,10,14-15,17-18,20-21,40H,6-7,9,11-13,16,19,22-39H2,1-5H3/p+1/b10-8-,15-14-,18-17-,21-20-. The van der Waals surface area contributed by atoms with Crippen LogP contribution in [-0.2, 0) is 32.7 Å². The maximum absolute atomic E-state index is 12.6. The topological polar surface area (TPSA) is 108 Å². The first-order valence-corrected chi connectivity index (χ1v) is 21.9. The highest BCUT2D eigenvalue weighted by atomic mass is 31.2. The third-order valence-corrected chi connectivity index (χ3v) is 9.36. The van der Waals surface area contributed by atoms with E-state index < -0.39 is 26.5 Å². The number of rotatable bonds is 36. The number of quaternary nitrogens is 1. The van der Waals surface area contributed by atoms with E-state index in [1.54, 1.807) is 0 Å². The molecular weight excluding hydrogens is 677 g/mol. The first-order valence-electron chi connectivity index (χ1n) is 20.4. The number of carbonyl (C=O) groups excluding carboxylic acids is 2. The summed E-state index contributed by atoms with van der Waals surface area (Å²) in [4.78, 5) is 35.1. The Morgan fingerprint density at radius 1 is 0.615 bits per heavy atom. The summed E-state index contributed by atoms with van der Waals surface area (Å²) < 4.78 is 34.1. The second-order valence-corrected chi connectivity index (χ2v) is 16.1. The van der Waals surface area contributed by atoms with Crippen molar-refractivity contribution in [2.45, 2.75) is 161 Å². The minimum Gasteiger partial charge on any atom is -0.462 e. The molecule has 0 aromatic heterocycles. The fraction of sp³-hybridized carbons (Fsp3) is 0.762. The molecule has 0 saturated carbocycles. The normalized spacial score (nSPS) is 14.2. The number of carbonyl (C=O) groups is 2. The number of hydrogen-bond acceptors (Lipinski definition) is 7. The van der Waals surface area contributed by atoms with Crippen molar-refractivity contribution in [1.29, 1.82) is 0 Å². The van der Waals surface area contributed by atoms with E-state index in [4.69, 9.17) is 18.5 Å². The van der Waals surface area contributed by atoms with Gasteiger partial charge in [0.1, 0.15) is 19.8 Å². The number of likely N-dealkylation sites (N-methyl/N-ethyl adjacent to an activating group) is 1. The minimum atomic E-state index is -4.37. The maximum atomic E-state index is 12.6. The lowest BCUT2D eigenvalue weighted by molar-refractivity contribution is -0.870. The van der Waals surface area contributed by atoms with Crippen LogP contribution in [-0.4, -0.2) is 74.9 Å². The summed E-state index contributed by atoms with van der Waals surface area (Å²) in [6.07, 6.45) is 38.9. The minimum absolute atomic E-state index is 0.0290. The molecule has 10 heteroatoms. The number of hydrogen-bond donors (Lipinski definition) is 1. The van der Waals surface area contributed by atoms with Crippen LogP contribution in [0.25, 0.3) is 0 Å². The summed E-state index contributed by atoms with van der Waals surface area (Å²) in [5, 5.41) is 0. The van der Waals surface area contributed by atoms with Crippen LogP contribution < -0.4 is 0 Å². The number of esters is 2. The molecule has 0 amide bonds. The lowest BCUT2D eigenvalue weighted by atomic mass is 10.1. The quantitative estimate of drug-likeness (QED) is 0.0221. The summed E-state index contributed by atoms with van der Waals surface area (Å²) in [5.41, 5.74) is 0. The zero-order chi connectivity index (χ0) is 38.6. The van der Waals surface area contributed by atoms with Crippen molar-refractivity contribution < 1.29 is 42.1 Å². The first-order chi connectivity index (χ1) is 25.0. The van der Waals surface area contributed by atoms with Crippen molar-refractivity contribution in [3.8, 4) is 0 Å². The van der Waals surface area contributed by atoms with Gasteiger partial charge in [-0.1, -0.05) is 140 Å². The van der Waals surface area contributed by atoms with Crippen molar-refractivity contribution in [1.82, 2.24) is 0 Å². The highest BCUT2D eigenvalue weighted by molar-refractivity contribution is 7.47. The highest BCUT2D eigenvalue weighted by Crippen LogP contribution is 2.43. The smallest absolute Gasteiger partial charge is 0.462 e. The van der Waals surface area contributed by atoms with Gasteiger partial charge in [-0.25, -0.2) is 4.57 Å². The Hall–Kier alpha value is -2.03. The van der Waals surface area contributed by atoms with Gasteiger partial charge in [-0.15, -0.1) is 0 Å². The molecule has 0 radical (unpaired) electrons. The molecule has 0 rings (SSSR count). The third-order valence-electron chi connectivity index (χ3n) is 8.37. The average molecular weight is 755 g/mol. The van der Waals surface area contributed by atoms with Gasteiger partial charge in [-0.2, -0.15) is 0 Å². The van der Waals surface area contributed by atoms with Gasteiger partial charge >= 0.3 is 19.8 Å². The Bertz CT molecular complexity index is 1030. The fourth-order valence-electron chi connectivity index (χ4n) is 5.18. The van der Waals surface area contributed by atoms with Crippen LogP contribution in [0.15, 0.2) is 48.6 Å². The van der Waals surface area contributed by atoms with Crippen LogP contribution in [0.2, 0.25) is 0 Å². The number of nitrogens with zero attached hydrogens (tertiary/aromatic N) is 1. The van der Waals surface area contributed by atoms with Crippen LogP contribution in [0.1, 0.15) is 155 Å². The van der Waals surface area contributed by atoms with Crippen molar-refractivity contribution >= 4 is 19.8 Å². The fourth-order valence-corrected chi connectivity index (χ4v) is 5.92. The Labute approximate surface area is 318 Å². The molecule has 0 saturated heterocycles. The lowest BCUT2D eigenvalue weighted by Gasteiger charge is -2.24. The molecule has 0 bridgehead atoms. The first kappa shape index (κ1) is 50.0. The Balaban J connectivity index is 4.28. The number of phosphoric ester groups is 1. The molecule has 0 heterocycles. The number of ether oxygens (including phenoxy) is 2. The summed E-state index contributed by atoms with van der Waals surface area (Å²) in [6.45, 7) is 4.23. The molecule has 0 fully saturated rings. The van der Waals surface area contributed by atoms with E-state index in [0.29, 0.717) is 17.4 Å². The van der Waals surface area contributed by atoms with Crippen LogP contribution >= 0.6 is 7.82 Å². The highest BCUT2D eigenvalue weighted by Gasteiger charge is 2.27. The Morgan fingerprint density at radius 2 is 1.10 bits per heavy atom. The van der Waals surface area contributed by atoms with Gasteiger partial charge in [0, 0.05) is 12.8 Å². The molecule has 2 atom stereocenters. The molecule has 302 valence electrons. The molecule has 0 aliphatic rings. The van der Waals surface area contributed by atoms with Gasteiger partial charge in [-0.3, -0.25) is 18.6 Å². The van der Waals surface area contributed by atoms with Gasteiger partial charge in [0.05, 0.1) is 27.7 Å². The predicted molar refractivity (Wildman–Crippen MR) is 215 cm³/mol. The lowest BCUT2D eigenvalue weighted by Crippen LogP contribution is -2.37. The molecule has 1 N–H and O–H groups in total. The van der Waals surface area contributed by atoms with Crippen LogP contribution in [0.4, 0.5) is 0 Å². The molecule has 0 aromatic carbocycles. The Kier molecular flexibility index (Phi) is 33.4. The molecule has 0 aliphatic heterocycles. The van der Waals surface area contributed by atoms with Gasteiger partial charge in [0.25, 0.3) is 0 Å². The summed E-state index contributed by atoms with van der Waals surface area (Å²) in [5.74, 6) is -0.818. The van der Waals surface area contributed by atoms with Crippen LogP contribution in [0.3, 0.4) is 0 Å². The largest absolute Gasteiger partial charge is 0.472 e. The van der Waals surface area contributed by atoms with Crippen molar-refractivity contribution in [3.05, 3.63) is 48.6 Å².